The summed E-state index contributed by atoms with van der Waals surface area (Å²) in [5, 5.41) is 13.9. The number of ether oxygens (including phenoxy) is 1. The van der Waals surface area contributed by atoms with Crippen molar-refractivity contribution in [2.45, 2.75) is 109 Å². The highest BCUT2D eigenvalue weighted by Gasteiger charge is 2.51. The van der Waals surface area contributed by atoms with Crippen LogP contribution in [-0.2, 0) is 20.5 Å². The zero-order valence-electron chi connectivity index (χ0n) is 28.1. The Hall–Kier alpha value is -3.75. The number of carbonyl (C=O) groups is 2. The molecule has 2 aromatic heterocycles. The zero-order chi connectivity index (χ0) is 32.7. The number of aromatic nitrogens is 4. The first-order valence-electron chi connectivity index (χ1n) is 17.0. The van der Waals surface area contributed by atoms with E-state index < -0.39 is 5.97 Å². The summed E-state index contributed by atoms with van der Waals surface area (Å²) in [5.74, 6) is 0.957. The lowest BCUT2D eigenvalue weighted by molar-refractivity contribution is -0.138. The Morgan fingerprint density at radius 3 is 2.30 bits per heavy atom. The van der Waals surface area contributed by atoms with Crippen LogP contribution in [0, 0.1) is 24.2 Å². The van der Waals surface area contributed by atoms with E-state index in [9.17, 15) is 14.7 Å². The smallest absolute Gasteiger partial charge is 0.303 e. The molecule has 3 aromatic rings. The molecule has 9 heteroatoms. The first-order valence-corrected chi connectivity index (χ1v) is 17.0. The fourth-order valence-electron chi connectivity index (χ4n) is 8.30. The van der Waals surface area contributed by atoms with E-state index in [0.29, 0.717) is 12.4 Å². The van der Waals surface area contributed by atoms with E-state index in [2.05, 4.69) is 56.0 Å². The van der Waals surface area contributed by atoms with E-state index in [0.717, 1.165) is 81.2 Å². The third kappa shape index (κ3) is 6.42. The first kappa shape index (κ1) is 32.2. The van der Waals surface area contributed by atoms with Crippen LogP contribution in [0.2, 0.25) is 0 Å². The maximum Gasteiger partial charge on any atom is 0.303 e. The van der Waals surface area contributed by atoms with Crippen LogP contribution in [-0.4, -0.2) is 50.4 Å². The summed E-state index contributed by atoms with van der Waals surface area (Å²) in [5.41, 5.74) is 4.32. The number of hydrogen-bond acceptors (Lipinski definition) is 6. The Balaban J connectivity index is 1.26. The lowest BCUT2D eigenvalue weighted by atomic mass is 9.51. The number of amides is 1. The van der Waals surface area contributed by atoms with E-state index in [1.54, 1.807) is 13.4 Å². The van der Waals surface area contributed by atoms with E-state index >= 15 is 0 Å². The van der Waals surface area contributed by atoms with Crippen molar-refractivity contribution in [1.29, 1.82) is 0 Å². The molecule has 0 atom stereocenters. The lowest BCUT2D eigenvalue weighted by Gasteiger charge is -2.55. The maximum atomic E-state index is 14.5. The van der Waals surface area contributed by atoms with Gasteiger partial charge in [-0.3, -0.25) is 19.2 Å². The molecule has 1 aromatic carbocycles. The van der Waals surface area contributed by atoms with Crippen molar-refractivity contribution in [2.24, 2.45) is 17.3 Å². The van der Waals surface area contributed by atoms with Crippen LogP contribution in [0.4, 0.5) is 5.82 Å². The van der Waals surface area contributed by atoms with Crippen molar-refractivity contribution in [3.05, 3.63) is 54.1 Å². The molecular weight excluding hydrogens is 578 g/mol. The van der Waals surface area contributed by atoms with Gasteiger partial charge in [0.25, 0.3) is 0 Å². The van der Waals surface area contributed by atoms with Gasteiger partial charge in [-0.2, -0.15) is 5.10 Å². The van der Waals surface area contributed by atoms with Crippen LogP contribution in [0.5, 0.6) is 5.75 Å². The number of carbonyl (C=O) groups excluding carboxylic acids is 1. The Bertz CT molecular complexity index is 1560. The Morgan fingerprint density at radius 2 is 1.72 bits per heavy atom. The number of aliphatic carboxylic acids is 1. The fourth-order valence-corrected chi connectivity index (χ4v) is 8.30. The molecule has 1 N–H and O–H groups in total. The first-order chi connectivity index (χ1) is 21.9. The van der Waals surface area contributed by atoms with E-state index in [1.165, 1.54) is 11.1 Å². The van der Waals surface area contributed by atoms with Crippen LogP contribution in [0.3, 0.4) is 0 Å². The molecule has 0 saturated heterocycles. The monoisotopic (exact) mass is 627 g/mol. The lowest BCUT2D eigenvalue weighted by Crippen LogP contribution is -2.52. The summed E-state index contributed by atoms with van der Waals surface area (Å²) in [6.07, 6.45) is 15.1. The summed E-state index contributed by atoms with van der Waals surface area (Å²) in [6, 6.07) is 8.63. The Labute approximate surface area is 272 Å². The van der Waals surface area contributed by atoms with Gasteiger partial charge in [-0.25, -0.2) is 9.97 Å². The predicted octanol–water partition coefficient (Wildman–Crippen LogP) is 7.32. The van der Waals surface area contributed by atoms with Crippen LogP contribution in [0.25, 0.3) is 11.3 Å². The third-order valence-electron chi connectivity index (χ3n) is 11.3. The largest absolute Gasteiger partial charge is 0.496 e. The SMILES string of the molecule is COc1ccc(C23CCC(CN(c4cc(-c5cnn(C(C)(C)C)c5)ncn4)C(=O)[C@H]4CC[C@H](CC(=O)O)CC4)(CC2)CC3)cc1C. The number of fused-ring (bicyclic) bond motifs is 3. The summed E-state index contributed by atoms with van der Waals surface area (Å²) in [7, 11) is 1.73. The summed E-state index contributed by atoms with van der Waals surface area (Å²) < 4.78 is 7.47. The molecule has 46 heavy (non-hydrogen) atoms. The molecule has 4 aliphatic carbocycles. The summed E-state index contributed by atoms with van der Waals surface area (Å²) in [4.78, 5) is 37.0. The van der Waals surface area contributed by atoms with Gasteiger partial charge in [0.05, 0.1) is 24.5 Å². The van der Waals surface area contributed by atoms with Crippen molar-refractivity contribution >= 4 is 17.7 Å². The minimum atomic E-state index is -0.755. The van der Waals surface area contributed by atoms with Gasteiger partial charge in [0.1, 0.15) is 17.9 Å². The highest BCUT2D eigenvalue weighted by atomic mass is 16.5. The number of carboxylic acid groups (broad SMARTS) is 1. The molecule has 0 unspecified atom stereocenters. The second-order valence-electron chi connectivity index (χ2n) is 15.3. The average molecular weight is 628 g/mol. The van der Waals surface area contributed by atoms with Gasteiger partial charge in [-0.1, -0.05) is 12.1 Å². The molecule has 4 fully saturated rings. The number of aryl methyl sites for hydroxylation is 1. The number of hydrogen-bond donors (Lipinski definition) is 1. The van der Waals surface area contributed by atoms with Gasteiger partial charge in [0.2, 0.25) is 5.91 Å². The van der Waals surface area contributed by atoms with Crippen molar-refractivity contribution in [3.63, 3.8) is 0 Å². The highest BCUT2D eigenvalue weighted by molar-refractivity contribution is 5.94. The fraction of sp³-hybridized carbons (Fsp3) is 0.595. The van der Waals surface area contributed by atoms with Crippen molar-refractivity contribution in [2.75, 3.05) is 18.6 Å². The number of nitrogens with zero attached hydrogens (tertiary/aromatic N) is 5. The van der Waals surface area contributed by atoms with Gasteiger partial charge in [0.15, 0.2) is 0 Å². The highest BCUT2D eigenvalue weighted by Crippen LogP contribution is 2.58. The number of anilines is 1. The molecule has 7 rings (SSSR count). The quantitative estimate of drug-likeness (QED) is 0.265. The molecule has 4 aliphatic rings. The molecule has 4 saturated carbocycles. The molecular formula is C37H49N5O4. The van der Waals surface area contributed by atoms with Crippen molar-refractivity contribution in [1.82, 2.24) is 19.7 Å². The zero-order valence-corrected chi connectivity index (χ0v) is 28.1. The average Bonchev–Trinajstić information content (AvgIpc) is 3.56. The summed E-state index contributed by atoms with van der Waals surface area (Å²) in [6.45, 7) is 9.10. The van der Waals surface area contributed by atoms with E-state index in [1.807, 2.05) is 28.0 Å². The minimum Gasteiger partial charge on any atom is -0.496 e. The third-order valence-corrected chi connectivity index (χ3v) is 11.3. The predicted molar refractivity (Wildman–Crippen MR) is 178 cm³/mol. The number of rotatable bonds is 9. The van der Waals surface area contributed by atoms with E-state index in [4.69, 9.17) is 9.72 Å². The standard InChI is InChI=1S/C37H49N5O4/c1-25-18-29(10-11-31(25)46-5)37-15-12-36(13-16-37,14-17-37)23-41(34(45)27-8-6-26(7-9-27)19-33(43)44)32-20-30(38-24-39-32)28-21-40-42(22-28)35(2,3)4/h10-11,18,20-22,24,26-27H,6-9,12-17,19,23H2,1-5H3,(H,43,44)/t26-,27-,36?,37?. The van der Waals surface area contributed by atoms with Gasteiger partial charge in [-0.05, 0) is 126 Å². The van der Waals surface area contributed by atoms with Gasteiger partial charge >= 0.3 is 5.97 Å². The van der Waals surface area contributed by atoms with Gasteiger partial charge < -0.3 is 9.84 Å². The molecule has 1 amide bonds. The minimum absolute atomic E-state index is 0.0433. The Morgan fingerprint density at radius 1 is 1.02 bits per heavy atom. The van der Waals surface area contributed by atoms with Crippen LogP contribution in [0.15, 0.2) is 43.0 Å². The normalized spacial score (nSPS) is 26.1. The number of benzene rings is 1. The molecule has 2 bridgehead atoms. The van der Waals surface area contributed by atoms with Gasteiger partial charge in [0, 0.05) is 36.7 Å². The van der Waals surface area contributed by atoms with Crippen LogP contribution in [0.1, 0.15) is 103 Å². The molecule has 9 nitrogen and oxygen atoms in total. The maximum absolute atomic E-state index is 14.5. The number of carboxylic acids is 1. The van der Waals surface area contributed by atoms with E-state index in [-0.39, 0.29) is 40.5 Å². The molecule has 0 radical (unpaired) electrons. The molecule has 0 aliphatic heterocycles. The van der Waals surface area contributed by atoms with Crippen molar-refractivity contribution in [3.8, 4) is 17.0 Å². The summed E-state index contributed by atoms with van der Waals surface area (Å²) >= 11 is 0. The molecule has 246 valence electrons. The topological polar surface area (TPSA) is 110 Å². The van der Waals surface area contributed by atoms with Gasteiger partial charge in [-0.15, -0.1) is 0 Å². The molecule has 2 heterocycles. The second-order valence-corrected chi connectivity index (χ2v) is 15.3. The number of methoxy groups -OCH3 is 1. The molecule has 0 spiro atoms. The van der Waals surface area contributed by atoms with Crippen LogP contribution < -0.4 is 9.64 Å². The second kappa shape index (κ2) is 12.5. The van der Waals surface area contributed by atoms with Crippen LogP contribution >= 0.6 is 0 Å². The van der Waals surface area contributed by atoms with Crippen molar-refractivity contribution < 1.29 is 19.4 Å². The Kier molecular flexibility index (Phi) is 8.72.